The smallest absolute Gasteiger partial charge is 0.153 e. The fraction of sp³-hybridized carbons (Fsp3) is 0.185. The van der Waals surface area contributed by atoms with Gasteiger partial charge in [0.05, 0.1) is 5.52 Å². The highest BCUT2D eigenvalue weighted by Gasteiger charge is 2.15. The Hall–Kier alpha value is -3.70. The van der Waals surface area contributed by atoms with E-state index >= 15 is 0 Å². The summed E-state index contributed by atoms with van der Waals surface area (Å²) in [5, 5.41) is 4.51. The molecule has 158 valence electrons. The van der Waals surface area contributed by atoms with Crippen molar-refractivity contribution in [2.24, 2.45) is 0 Å². The molecule has 2 aromatic carbocycles. The molecule has 1 aliphatic rings. The van der Waals surface area contributed by atoms with Gasteiger partial charge in [-0.15, -0.1) is 0 Å². The lowest BCUT2D eigenvalue weighted by atomic mass is 10.0. The summed E-state index contributed by atoms with van der Waals surface area (Å²) in [6, 6.07) is 21.1. The van der Waals surface area contributed by atoms with Crippen LogP contribution in [0.5, 0.6) is 0 Å². The van der Waals surface area contributed by atoms with E-state index < -0.39 is 0 Å². The maximum absolute atomic E-state index is 5.98. The second-order valence-electron chi connectivity index (χ2n) is 8.33. The third-order valence-electron chi connectivity index (χ3n) is 6.23. The van der Waals surface area contributed by atoms with E-state index in [0.717, 1.165) is 76.1 Å². The number of rotatable bonds is 3. The molecule has 3 aromatic heterocycles. The second kappa shape index (κ2) is 7.77. The predicted octanol–water partition coefficient (Wildman–Crippen LogP) is 5.43. The molecule has 6 rings (SSSR count). The second-order valence-corrected chi connectivity index (χ2v) is 8.33. The van der Waals surface area contributed by atoms with E-state index in [0.29, 0.717) is 0 Å². The normalized spacial score (nSPS) is 14.3. The third kappa shape index (κ3) is 3.31. The molecule has 0 radical (unpaired) electrons. The Bertz CT molecular complexity index is 1420. The molecular weight excluding hydrogens is 396 g/mol. The SMILES string of the molecule is Cc1cc(-c2coc3cc(-c4ccc(N5CCNCC5)cc4)cnc23)c2ccccc2n1. The lowest BCUT2D eigenvalue weighted by molar-refractivity contribution is 0.589. The highest BCUT2D eigenvalue weighted by Crippen LogP contribution is 2.35. The Morgan fingerprint density at radius 3 is 2.56 bits per heavy atom. The van der Waals surface area contributed by atoms with Crippen molar-refractivity contribution in [3.8, 4) is 22.3 Å². The van der Waals surface area contributed by atoms with Crippen LogP contribution >= 0.6 is 0 Å². The first kappa shape index (κ1) is 19.0. The van der Waals surface area contributed by atoms with Crippen LogP contribution in [-0.4, -0.2) is 36.1 Å². The lowest BCUT2D eigenvalue weighted by Gasteiger charge is -2.29. The number of anilines is 1. The molecule has 0 aliphatic carbocycles. The third-order valence-corrected chi connectivity index (χ3v) is 6.23. The van der Waals surface area contributed by atoms with E-state index in [-0.39, 0.29) is 0 Å². The van der Waals surface area contributed by atoms with Crippen LogP contribution in [0.4, 0.5) is 5.69 Å². The van der Waals surface area contributed by atoms with E-state index in [4.69, 9.17) is 9.40 Å². The van der Waals surface area contributed by atoms with Gasteiger partial charge >= 0.3 is 0 Å². The van der Waals surface area contributed by atoms with Crippen LogP contribution in [0.25, 0.3) is 44.3 Å². The molecule has 5 heteroatoms. The summed E-state index contributed by atoms with van der Waals surface area (Å²) in [6.07, 6.45) is 3.76. The highest BCUT2D eigenvalue weighted by atomic mass is 16.3. The number of aromatic nitrogens is 2. The van der Waals surface area contributed by atoms with Gasteiger partial charge in [-0.3, -0.25) is 9.97 Å². The van der Waals surface area contributed by atoms with Gasteiger partial charge in [0.15, 0.2) is 5.58 Å². The van der Waals surface area contributed by atoms with Crippen molar-refractivity contribution >= 4 is 27.7 Å². The number of pyridine rings is 2. The molecule has 0 amide bonds. The van der Waals surface area contributed by atoms with E-state index in [9.17, 15) is 0 Å². The minimum Gasteiger partial charge on any atom is -0.462 e. The number of para-hydroxylation sites is 1. The molecule has 0 spiro atoms. The van der Waals surface area contributed by atoms with Gasteiger partial charge in [-0.1, -0.05) is 30.3 Å². The molecule has 1 N–H and O–H groups in total. The van der Waals surface area contributed by atoms with Crippen molar-refractivity contribution in [1.29, 1.82) is 0 Å². The number of hydrogen-bond donors (Lipinski definition) is 1. The molecule has 5 nitrogen and oxygen atoms in total. The first-order valence-corrected chi connectivity index (χ1v) is 11.1. The van der Waals surface area contributed by atoms with Crippen LogP contribution in [0.3, 0.4) is 0 Å². The summed E-state index contributed by atoms with van der Waals surface area (Å²) in [6.45, 7) is 6.19. The number of nitrogens with zero attached hydrogens (tertiary/aromatic N) is 3. The van der Waals surface area contributed by atoms with Crippen molar-refractivity contribution in [1.82, 2.24) is 15.3 Å². The number of hydrogen-bond acceptors (Lipinski definition) is 5. The molecule has 0 atom stereocenters. The molecule has 1 aliphatic heterocycles. The molecular formula is C27H24N4O. The Balaban J connectivity index is 1.37. The van der Waals surface area contributed by atoms with Gasteiger partial charge in [0.2, 0.25) is 0 Å². The Morgan fingerprint density at radius 2 is 1.72 bits per heavy atom. The van der Waals surface area contributed by atoms with E-state index in [1.165, 1.54) is 5.69 Å². The zero-order valence-corrected chi connectivity index (χ0v) is 18.0. The molecule has 5 aromatic rings. The van der Waals surface area contributed by atoms with Crippen LogP contribution in [0, 0.1) is 6.92 Å². The van der Waals surface area contributed by atoms with Crippen molar-refractivity contribution < 1.29 is 4.42 Å². The minimum absolute atomic E-state index is 0.794. The summed E-state index contributed by atoms with van der Waals surface area (Å²) in [5.41, 5.74) is 9.21. The monoisotopic (exact) mass is 420 g/mol. The maximum Gasteiger partial charge on any atom is 0.153 e. The summed E-state index contributed by atoms with van der Waals surface area (Å²) < 4.78 is 5.98. The van der Waals surface area contributed by atoms with Crippen molar-refractivity contribution in [3.63, 3.8) is 0 Å². The van der Waals surface area contributed by atoms with Gasteiger partial charge in [-0.05, 0) is 48.4 Å². The Kier molecular flexibility index (Phi) is 4.62. The number of piperazine rings is 1. The number of furan rings is 1. The fourth-order valence-electron chi connectivity index (χ4n) is 4.58. The fourth-order valence-corrected chi connectivity index (χ4v) is 4.58. The Morgan fingerprint density at radius 1 is 0.906 bits per heavy atom. The standard InChI is InChI=1S/C27H24N4O/c1-18-14-23(22-4-2-3-5-25(22)30-18)24-17-32-26-15-20(16-29-27(24)26)19-6-8-21(9-7-19)31-12-10-28-11-13-31/h2-9,14-17,28H,10-13H2,1H3. The molecule has 0 unspecified atom stereocenters. The molecule has 0 bridgehead atoms. The van der Waals surface area contributed by atoms with Crippen LogP contribution < -0.4 is 10.2 Å². The van der Waals surface area contributed by atoms with E-state index in [2.05, 4.69) is 57.7 Å². The lowest BCUT2D eigenvalue weighted by Crippen LogP contribution is -2.43. The molecule has 4 heterocycles. The van der Waals surface area contributed by atoms with Crippen molar-refractivity contribution in [2.75, 3.05) is 31.1 Å². The topological polar surface area (TPSA) is 54.2 Å². The van der Waals surface area contributed by atoms with E-state index in [1.807, 2.05) is 37.6 Å². The molecule has 0 saturated carbocycles. The van der Waals surface area contributed by atoms with Gasteiger partial charge < -0.3 is 14.6 Å². The van der Waals surface area contributed by atoms with Crippen LogP contribution in [-0.2, 0) is 0 Å². The van der Waals surface area contributed by atoms with Gasteiger partial charge in [0.1, 0.15) is 11.8 Å². The van der Waals surface area contributed by atoms with Crippen LogP contribution in [0.15, 0.2) is 77.5 Å². The first-order valence-electron chi connectivity index (χ1n) is 11.1. The zero-order valence-electron chi connectivity index (χ0n) is 18.0. The summed E-state index contributed by atoms with van der Waals surface area (Å²) >= 11 is 0. The first-order chi connectivity index (χ1) is 15.8. The molecule has 1 saturated heterocycles. The average Bonchev–Trinajstić information content (AvgIpc) is 3.27. The maximum atomic E-state index is 5.98. The van der Waals surface area contributed by atoms with E-state index in [1.54, 1.807) is 0 Å². The quantitative estimate of drug-likeness (QED) is 0.422. The number of aryl methyl sites for hydroxylation is 1. The summed E-state index contributed by atoms with van der Waals surface area (Å²) in [7, 11) is 0. The van der Waals surface area contributed by atoms with Crippen LogP contribution in [0.2, 0.25) is 0 Å². The minimum atomic E-state index is 0.794. The van der Waals surface area contributed by atoms with Gasteiger partial charge in [-0.25, -0.2) is 0 Å². The van der Waals surface area contributed by atoms with Gasteiger partial charge in [-0.2, -0.15) is 0 Å². The Labute approximate surface area is 186 Å². The number of benzene rings is 2. The van der Waals surface area contributed by atoms with Crippen molar-refractivity contribution in [2.45, 2.75) is 6.92 Å². The van der Waals surface area contributed by atoms with Gasteiger partial charge in [0, 0.05) is 60.3 Å². The predicted molar refractivity (Wildman–Crippen MR) is 130 cm³/mol. The van der Waals surface area contributed by atoms with Gasteiger partial charge in [0.25, 0.3) is 0 Å². The number of fused-ring (bicyclic) bond motifs is 2. The average molecular weight is 421 g/mol. The molecule has 32 heavy (non-hydrogen) atoms. The largest absolute Gasteiger partial charge is 0.462 e. The summed E-state index contributed by atoms with van der Waals surface area (Å²) in [4.78, 5) is 11.9. The molecule has 1 fully saturated rings. The van der Waals surface area contributed by atoms with Crippen LogP contribution in [0.1, 0.15) is 5.69 Å². The highest BCUT2D eigenvalue weighted by molar-refractivity contribution is 6.02. The summed E-state index contributed by atoms with van der Waals surface area (Å²) in [5.74, 6) is 0. The number of nitrogens with one attached hydrogen (secondary N) is 1. The van der Waals surface area contributed by atoms with Crippen molar-refractivity contribution in [3.05, 3.63) is 78.8 Å². The zero-order chi connectivity index (χ0) is 21.5.